The summed E-state index contributed by atoms with van der Waals surface area (Å²) in [4.78, 5) is 8.31. The van der Waals surface area contributed by atoms with Crippen molar-refractivity contribution in [2.45, 2.75) is 38.2 Å². The molecule has 2 heterocycles. The van der Waals surface area contributed by atoms with Gasteiger partial charge in [-0.2, -0.15) is 4.98 Å². The summed E-state index contributed by atoms with van der Waals surface area (Å²) in [6.45, 7) is 3.80. The second-order valence-corrected chi connectivity index (χ2v) is 6.79. The lowest BCUT2D eigenvalue weighted by Gasteiger charge is -2.28. The van der Waals surface area contributed by atoms with Crippen LogP contribution in [0.3, 0.4) is 0 Å². The van der Waals surface area contributed by atoms with Crippen LogP contribution in [0.15, 0.2) is 34.9 Å². The van der Waals surface area contributed by atoms with Gasteiger partial charge in [0.25, 0.3) is 0 Å². The molecule has 0 bridgehead atoms. The van der Waals surface area contributed by atoms with E-state index in [0.717, 1.165) is 5.56 Å². The van der Waals surface area contributed by atoms with E-state index in [4.69, 9.17) is 4.52 Å². The van der Waals surface area contributed by atoms with Crippen LogP contribution in [0.5, 0.6) is 0 Å². The molecule has 0 saturated carbocycles. The highest BCUT2D eigenvalue weighted by Crippen LogP contribution is 2.23. The Morgan fingerprint density at radius 2 is 2.16 bits per heavy atom. The quantitative estimate of drug-likeness (QED) is 0.825. The number of halogens is 1. The highest BCUT2D eigenvalue weighted by molar-refractivity contribution is 5.17. The maximum atomic E-state index is 13.9. The molecular formula is C18H25FN4O2. The molecular weight excluding hydrogens is 323 g/mol. The van der Waals surface area contributed by atoms with Gasteiger partial charge in [0.15, 0.2) is 5.82 Å². The molecule has 1 aliphatic rings. The third kappa shape index (κ3) is 4.84. The highest BCUT2D eigenvalue weighted by Gasteiger charge is 2.33. The van der Waals surface area contributed by atoms with Crippen LogP contribution < -0.4 is 0 Å². The number of alkyl halides is 1. The first-order valence-electron chi connectivity index (χ1n) is 8.60. The average Bonchev–Trinajstić information content (AvgIpc) is 3.14. The molecule has 1 N–H and O–H groups in total. The lowest BCUT2D eigenvalue weighted by atomic mass is 10.1. The normalized spacial score (nSPS) is 22.6. The largest absolute Gasteiger partial charge is 0.387 e. The monoisotopic (exact) mass is 348 g/mol. The van der Waals surface area contributed by atoms with Gasteiger partial charge in [0, 0.05) is 32.6 Å². The van der Waals surface area contributed by atoms with Crippen molar-refractivity contribution in [1.82, 2.24) is 19.9 Å². The topological polar surface area (TPSA) is 65.6 Å². The fraction of sp³-hybridized carbons (Fsp3) is 0.556. The van der Waals surface area contributed by atoms with Crippen molar-refractivity contribution in [2.24, 2.45) is 0 Å². The molecule has 2 aromatic rings. The third-order valence-electron chi connectivity index (χ3n) is 4.58. The van der Waals surface area contributed by atoms with E-state index in [2.05, 4.69) is 19.9 Å². The number of aromatic nitrogens is 2. The van der Waals surface area contributed by atoms with Crippen LogP contribution >= 0.6 is 0 Å². The van der Waals surface area contributed by atoms with Gasteiger partial charge < -0.3 is 14.5 Å². The molecule has 1 aliphatic heterocycles. The summed E-state index contributed by atoms with van der Waals surface area (Å²) in [7, 11) is 1.95. The van der Waals surface area contributed by atoms with Crippen LogP contribution in [-0.2, 0) is 6.54 Å². The van der Waals surface area contributed by atoms with Gasteiger partial charge in [0.2, 0.25) is 5.89 Å². The van der Waals surface area contributed by atoms with E-state index in [0.29, 0.717) is 44.3 Å². The van der Waals surface area contributed by atoms with Crippen molar-refractivity contribution in [2.75, 3.05) is 26.7 Å². The van der Waals surface area contributed by atoms with Crippen molar-refractivity contribution in [1.29, 1.82) is 0 Å². The van der Waals surface area contributed by atoms with Gasteiger partial charge in [-0.05, 0) is 19.0 Å². The smallest absolute Gasteiger partial charge is 0.223 e. The lowest BCUT2D eigenvalue weighted by molar-refractivity contribution is 0.106. The summed E-state index contributed by atoms with van der Waals surface area (Å²) in [6, 6.07) is 9.65. The zero-order chi connectivity index (χ0) is 17.8. The number of likely N-dealkylation sites (N-methyl/N-ethyl adjacent to an activating group) is 1. The van der Waals surface area contributed by atoms with Crippen molar-refractivity contribution in [3.05, 3.63) is 47.6 Å². The molecule has 0 aliphatic carbocycles. The van der Waals surface area contributed by atoms with E-state index in [-0.39, 0.29) is 6.04 Å². The van der Waals surface area contributed by atoms with Gasteiger partial charge in [-0.3, -0.25) is 4.90 Å². The maximum Gasteiger partial charge on any atom is 0.223 e. The summed E-state index contributed by atoms with van der Waals surface area (Å²) >= 11 is 0. The molecule has 1 saturated heterocycles. The SMILES string of the molecule is Cc1nc(CN2C[C@@H](F)C[C@H]2CN(C)CC(O)c2ccccc2)no1. The average molecular weight is 348 g/mol. The van der Waals surface area contributed by atoms with Crippen LogP contribution in [0, 0.1) is 6.92 Å². The summed E-state index contributed by atoms with van der Waals surface area (Å²) in [5, 5.41) is 14.3. The predicted molar refractivity (Wildman–Crippen MR) is 91.6 cm³/mol. The third-order valence-corrected chi connectivity index (χ3v) is 4.58. The number of hydrogen-bond donors (Lipinski definition) is 1. The zero-order valence-corrected chi connectivity index (χ0v) is 14.7. The molecule has 1 fully saturated rings. The molecule has 136 valence electrons. The molecule has 0 radical (unpaired) electrons. The Morgan fingerprint density at radius 1 is 1.40 bits per heavy atom. The summed E-state index contributed by atoms with van der Waals surface area (Å²) < 4.78 is 18.9. The molecule has 7 heteroatoms. The molecule has 0 spiro atoms. The highest BCUT2D eigenvalue weighted by atomic mass is 19.1. The fourth-order valence-corrected chi connectivity index (χ4v) is 3.40. The Balaban J connectivity index is 1.56. The van der Waals surface area contributed by atoms with Gasteiger partial charge in [-0.15, -0.1) is 0 Å². The molecule has 3 atom stereocenters. The number of aryl methyl sites for hydroxylation is 1. The number of nitrogens with zero attached hydrogens (tertiary/aromatic N) is 4. The number of hydrogen-bond acceptors (Lipinski definition) is 6. The maximum absolute atomic E-state index is 13.9. The first kappa shape index (κ1) is 18.0. The van der Waals surface area contributed by atoms with Crippen molar-refractivity contribution in [3.63, 3.8) is 0 Å². The Morgan fingerprint density at radius 3 is 2.84 bits per heavy atom. The van der Waals surface area contributed by atoms with Crippen LogP contribution in [-0.4, -0.2) is 63.9 Å². The number of benzene rings is 1. The minimum Gasteiger partial charge on any atom is -0.387 e. The molecule has 1 aromatic carbocycles. The first-order chi connectivity index (χ1) is 12.0. The van der Waals surface area contributed by atoms with Gasteiger partial charge in [0.1, 0.15) is 6.17 Å². The first-order valence-corrected chi connectivity index (χ1v) is 8.60. The van der Waals surface area contributed by atoms with Crippen molar-refractivity contribution >= 4 is 0 Å². The number of rotatable bonds is 7. The predicted octanol–water partition coefficient (Wildman–Crippen LogP) is 1.96. The second kappa shape index (κ2) is 8.03. The summed E-state index contributed by atoms with van der Waals surface area (Å²) in [5.41, 5.74) is 0.892. The number of aliphatic hydroxyl groups is 1. The molecule has 3 rings (SSSR count). The Labute approximate surface area is 147 Å². The lowest BCUT2D eigenvalue weighted by Crippen LogP contribution is -2.40. The van der Waals surface area contributed by atoms with Crippen LogP contribution in [0.25, 0.3) is 0 Å². The van der Waals surface area contributed by atoms with E-state index in [1.54, 1.807) is 6.92 Å². The number of likely N-dealkylation sites (tertiary alicyclic amines) is 1. The minimum atomic E-state index is -0.842. The van der Waals surface area contributed by atoms with E-state index >= 15 is 0 Å². The van der Waals surface area contributed by atoms with Crippen molar-refractivity contribution in [3.8, 4) is 0 Å². The van der Waals surface area contributed by atoms with Gasteiger partial charge >= 0.3 is 0 Å². The van der Waals surface area contributed by atoms with E-state index in [9.17, 15) is 9.50 Å². The minimum absolute atomic E-state index is 0.0711. The standard InChI is InChI=1S/C18H25FN4O2/c1-13-20-18(21-25-13)12-23-9-15(19)8-16(23)10-22(2)11-17(24)14-6-4-3-5-7-14/h3-7,15-17,24H,8-12H2,1-2H3/t15-,16-,17?/m0/s1. The van der Waals surface area contributed by atoms with Crippen LogP contribution in [0.2, 0.25) is 0 Å². The van der Waals surface area contributed by atoms with E-state index in [1.807, 2.05) is 37.4 Å². The molecule has 6 nitrogen and oxygen atoms in total. The van der Waals surface area contributed by atoms with Gasteiger partial charge in [-0.1, -0.05) is 35.5 Å². The van der Waals surface area contributed by atoms with Crippen LogP contribution in [0.1, 0.15) is 29.8 Å². The van der Waals surface area contributed by atoms with Gasteiger partial charge in [-0.25, -0.2) is 4.39 Å². The Kier molecular flexibility index (Phi) is 5.78. The zero-order valence-electron chi connectivity index (χ0n) is 14.7. The molecule has 25 heavy (non-hydrogen) atoms. The fourth-order valence-electron chi connectivity index (χ4n) is 3.40. The number of aliphatic hydroxyl groups excluding tert-OH is 1. The van der Waals surface area contributed by atoms with Gasteiger partial charge in [0.05, 0.1) is 12.6 Å². The van der Waals surface area contributed by atoms with E-state index in [1.165, 1.54) is 0 Å². The van der Waals surface area contributed by atoms with Crippen LogP contribution in [0.4, 0.5) is 4.39 Å². The molecule has 0 amide bonds. The van der Waals surface area contributed by atoms with E-state index < -0.39 is 12.3 Å². The summed E-state index contributed by atoms with van der Waals surface area (Å²) in [5.74, 6) is 1.11. The Bertz CT molecular complexity index is 666. The summed E-state index contributed by atoms with van der Waals surface area (Å²) in [6.07, 6.45) is -0.907. The van der Waals surface area contributed by atoms with Crippen molar-refractivity contribution < 1.29 is 14.0 Å². The molecule has 1 unspecified atom stereocenters. The Hall–Kier alpha value is -1.83. The second-order valence-electron chi connectivity index (χ2n) is 6.79. The molecule has 1 aromatic heterocycles.